The van der Waals surface area contributed by atoms with E-state index in [4.69, 9.17) is 9.47 Å². The van der Waals surface area contributed by atoms with Crippen molar-refractivity contribution < 1.29 is 24.2 Å². The Morgan fingerprint density at radius 2 is 2.00 bits per heavy atom. The fourth-order valence-corrected chi connectivity index (χ4v) is 1.66. The van der Waals surface area contributed by atoms with Crippen molar-refractivity contribution in [1.82, 2.24) is 5.32 Å². The Hall–Kier alpha value is -2.24. The first kappa shape index (κ1) is 16.8. The van der Waals surface area contributed by atoms with Gasteiger partial charge in [0.25, 0.3) is 5.91 Å². The highest BCUT2D eigenvalue weighted by Gasteiger charge is 2.18. The largest absolute Gasteiger partial charge is 0.490 e. The summed E-state index contributed by atoms with van der Waals surface area (Å²) in [5, 5.41) is 11.9. The molecule has 1 aromatic rings. The van der Waals surface area contributed by atoms with Crippen molar-refractivity contribution in [3.05, 3.63) is 23.8 Å². The molecule has 0 fully saturated rings. The topological polar surface area (TPSA) is 84.9 Å². The van der Waals surface area contributed by atoms with Crippen LogP contribution in [0, 0.1) is 0 Å². The lowest BCUT2D eigenvalue weighted by molar-refractivity contribution is -0.123. The number of ether oxygens (including phenoxy) is 2. The fourth-order valence-electron chi connectivity index (χ4n) is 1.66. The Morgan fingerprint density at radius 1 is 1.29 bits per heavy atom. The normalized spacial score (nSPS) is 11.6. The number of carbonyl (C=O) groups excluding carboxylic acids is 1. The number of carbonyl (C=O) groups is 2. The van der Waals surface area contributed by atoms with Gasteiger partial charge < -0.3 is 19.9 Å². The van der Waals surface area contributed by atoms with Gasteiger partial charge in [-0.3, -0.25) is 4.79 Å². The summed E-state index contributed by atoms with van der Waals surface area (Å²) in [7, 11) is 0. The van der Waals surface area contributed by atoms with Crippen molar-refractivity contribution >= 4 is 11.9 Å². The van der Waals surface area contributed by atoms with E-state index in [0.29, 0.717) is 12.4 Å². The van der Waals surface area contributed by atoms with Crippen LogP contribution in [0.1, 0.15) is 37.6 Å². The molecule has 0 heterocycles. The third-order valence-corrected chi connectivity index (χ3v) is 2.88. The Bertz CT molecular complexity index is 501. The lowest BCUT2D eigenvalue weighted by Crippen LogP contribution is -2.35. The highest BCUT2D eigenvalue weighted by molar-refractivity contribution is 5.92. The van der Waals surface area contributed by atoms with Crippen LogP contribution >= 0.6 is 0 Å². The number of amides is 1. The van der Waals surface area contributed by atoms with Gasteiger partial charge in [0.15, 0.2) is 18.1 Å². The first-order chi connectivity index (χ1) is 9.99. The second-order valence-corrected chi connectivity index (χ2v) is 4.54. The summed E-state index contributed by atoms with van der Waals surface area (Å²) in [5.74, 6) is -1.04. The molecule has 0 aliphatic heterocycles. The third kappa shape index (κ3) is 4.98. The Labute approximate surface area is 124 Å². The lowest BCUT2D eigenvalue weighted by Gasteiger charge is -2.15. The van der Waals surface area contributed by atoms with E-state index in [9.17, 15) is 14.7 Å². The molecule has 1 rings (SSSR count). The average Bonchev–Trinajstić information content (AvgIpc) is 2.45. The van der Waals surface area contributed by atoms with Crippen molar-refractivity contribution in [3.63, 3.8) is 0 Å². The van der Waals surface area contributed by atoms with Gasteiger partial charge in [0, 0.05) is 6.04 Å². The van der Waals surface area contributed by atoms with E-state index >= 15 is 0 Å². The number of benzene rings is 1. The molecule has 1 aromatic carbocycles. The van der Waals surface area contributed by atoms with E-state index < -0.39 is 5.97 Å². The van der Waals surface area contributed by atoms with Gasteiger partial charge in [-0.15, -0.1) is 0 Å². The summed E-state index contributed by atoms with van der Waals surface area (Å²) in [6.07, 6.45) is 0.807. The summed E-state index contributed by atoms with van der Waals surface area (Å²) < 4.78 is 10.7. The van der Waals surface area contributed by atoms with E-state index in [-0.39, 0.29) is 29.9 Å². The molecule has 116 valence electrons. The molecule has 0 saturated carbocycles. The molecule has 1 amide bonds. The fraction of sp³-hybridized carbons (Fsp3) is 0.467. The van der Waals surface area contributed by atoms with Gasteiger partial charge in [-0.05, 0) is 32.4 Å². The first-order valence-electron chi connectivity index (χ1n) is 6.90. The predicted molar refractivity (Wildman–Crippen MR) is 78.0 cm³/mol. The average molecular weight is 295 g/mol. The molecular formula is C15H21NO5. The number of carboxylic acid groups (broad SMARTS) is 1. The third-order valence-electron chi connectivity index (χ3n) is 2.88. The molecule has 2 N–H and O–H groups in total. The maximum absolute atomic E-state index is 11.7. The standard InChI is InChI=1S/C15H21NO5/c1-4-10(3)16-13(17)9-21-14-11(15(18)19)7-6-8-12(14)20-5-2/h6-8,10H,4-5,9H2,1-3H3,(H,16,17)(H,18,19). The number of hydrogen-bond donors (Lipinski definition) is 2. The summed E-state index contributed by atoms with van der Waals surface area (Å²) in [4.78, 5) is 22.9. The zero-order chi connectivity index (χ0) is 15.8. The second-order valence-electron chi connectivity index (χ2n) is 4.54. The number of rotatable bonds is 8. The minimum Gasteiger partial charge on any atom is -0.490 e. The van der Waals surface area contributed by atoms with Crippen LogP contribution in [0.15, 0.2) is 18.2 Å². The maximum atomic E-state index is 11.7. The maximum Gasteiger partial charge on any atom is 0.339 e. The van der Waals surface area contributed by atoms with Gasteiger partial charge in [0.1, 0.15) is 5.56 Å². The van der Waals surface area contributed by atoms with Crippen LogP contribution in [0.3, 0.4) is 0 Å². The zero-order valence-electron chi connectivity index (χ0n) is 12.5. The van der Waals surface area contributed by atoms with Crippen molar-refractivity contribution in [2.45, 2.75) is 33.2 Å². The highest BCUT2D eigenvalue weighted by Crippen LogP contribution is 2.31. The molecule has 21 heavy (non-hydrogen) atoms. The molecule has 0 saturated heterocycles. The molecule has 6 heteroatoms. The molecule has 0 aliphatic rings. The van der Waals surface area contributed by atoms with Crippen LogP contribution in [-0.2, 0) is 4.79 Å². The van der Waals surface area contributed by atoms with Crippen molar-refractivity contribution in [2.75, 3.05) is 13.2 Å². The summed E-state index contributed by atoms with van der Waals surface area (Å²) in [6, 6.07) is 4.63. The summed E-state index contributed by atoms with van der Waals surface area (Å²) in [5.41, 5.74) is -0.0303. The minimum absolute atomic E-state index is 0.0303. The second kappa shape index (κ2) is 8.14. The molecule has 0 radical (unpaired) electrons. The van der Waals surface area contributed by atoms with Gasteiger partial charge in [0.2, 0.25) is 0 Å². The smallest absolute Gasteiger partial charge is 0.339 e. The highest BCUT2D eigenvalue weighted by atomic mass is 16.5. The van der Waals surface area contributed by atoms with Crippen molar-refractivity contribution in [2.24, 2.45) is 0 Å². The van der Waals surface area contributed by atoms with Gasteiger partial charge in [-0.25, -0.2) is 4.79 Å². The van der Waals surface area contributed by atoms with Crippen molar-refractivity contribution in [1.29, 1.82) is 0 Å². The van der Waals surface area contributed by atoms with E-state index in [1.54, 1.807) is 19.1 Å². The summed E-state index contributed by atoms with van der Waals surface area (Å²) in [6.45, 7) is 5.74. The van der Waals surface area contributed by atoms with Crippen LogP contribution in [0.4, 0.5) is 0 Å². The molecule has 0 aromatic heterocycles. The van der Waals surface area contributed by atoms with Crippen molar-refractivity contribution in [3.8, 4) is 11.5 Å². The minimum atomic E-state index is -1.13. The van der Waals surface area contributed by atoms with E-state index in [1.165, 1.54) is 6.07 Å². The number of carboxylic acids is 1. The van der Waals surface area contributed by atoms with Crippen LogP contribution in [0.2, 0.25) is 0 Å². The van der Waals surface area contributed by atoms with Gasteiger partial charge in [-0.2, -0.15) is 0 Å². The number of hydrogen-bond acceptors (Lipinski definition) is 4. The molecule has 1 unspecified atom stereocenters. The molecule has 6 nitrogen and oxygen atoms in total. The van der Waals surface area contributed by atoms with Gasteiger partial charge in [0.05, 0.1) is 6.61 Å². The van der Waals surface area contributed by atoms with Crippen LogP contribution < -0.4 is 14.8 Å². The Kier molecular flexibility index (Phi) is 6.52. The van der Waals surface area contributed by atoms with E-state index in [0.717, 1.165) is 6.42 Å². The molecule has 0 spiro atoms. The number of nitrogens with one attached hydrogen (secondary N) is 1. The first-order valence-corrected chi connectivity index (χ1v) is 6.90. The van der Waals surface area contributed by atoms with E-state index in [2.05, 4.69) is 5.32 Å². The number of aromatic carboxylic acids is 1. The van der Waals surface area contributed by atoms with Crippen LogP contribution in [-0.4, -0.2) is 36.2 Å². The molecular weight excluding hydrogens is 274 g/mol. The lowest BCUT2D eigenvalue weighted by atomic mass is 10.2. The number of para-hydroxylation sites is 1. The molecule has 0 aliphatic carbocycles. The quantitative estimate of drug-likeness (QED) is 0.767. The van der Waals surface area contributed by atoms with Gasteiger partial charge in [-0.1, -0.05) is 13.0 Å². The van der Waals surface area contributed by atoms with Gasteiger partial charge >= 0.3 is 5.97 Å². The predicted octanol–water partition coefficient (Wildman–Crippen LogP) is 2.08. The van der Waals surface area contributed by atoms with E-state index in [1.807, 2.05) is 13.8 Å². The monoisotopic (exact) mass is 295 g/mol. The SMILES string of the molecule is CCOc1cccc(C(=O)O)c1OCC(=O)NC(C)CC. The zero-order valence-corrected chi connectivity index (χ0v) is 12.5. The Balaban J connectivity index is 2.85. The molecule has 0 bridgehead atoms. The van der Waals surface area contributed by atoms with Crippen LogP contribution in [0.25, 0.3) is 0 Å². The molecule has 1 atom stereocenters. The Morgan fingerprint density at radius 3 is 2.57 bits per heavy atom. The summed E-state index contributed by atoms with van der Waals surface area (Å²) >= 11 is 0. The van der Waals surface area contributed by atoms with Crippen LogP contribution in [0.5, 0.6) is 11.5 Å².